The highest BCUT2D eigenvalue weighted by atomic mass is 32.2. The van der Waals surface area contributed by atoms with E-state index in [2.05, 4.69) is 14.7 Å². The third-order valence-corrected chi connectivity index (χ3v) is 3.28. The molecule has 0 atom stereocenters. The highest BCUT2D eigenvalue weighted by molar-refractivity contribution is 7.99. The zero-order valence-corrected chi connectivity index (χ0v) is 11.4. The Kier molecular flexibility index (Phi) is 4.01. The number of anilines is 1. The molecule has 1 aromatic heterocycles. The number of carbonyl (C=O) groups excluding carboxylic acids is 1. The molecule has 0 saturated carbocycles. The minimum Gasteiger partial charge on any atom is -0.465 e. The first-order valence-electron chi connectivity index (χ1n) is 5.54. The summed E-state index contributed by atoms with van der Waals surface area (Å²) in [4.78, 5) is 20.8. The molecular formula is C13H13N3O2S. The van der Waals surface area contributed by atoms with E-state index in [1.54, 1.807) is 24.5 Å². The van der Waals surface area contributed by atoms with Gasteiger partial charge in [0.25, 0.3) is 0 Å². The SMILES string of the molecule is COC(=O)c1cc(Sc2ncc(C)cn2)ccc1N. The maximum Gasteiger partial charge on any atom is 0.339 e. The highest BCUT2D eigenvalue weighted by Crippen LogP contribution is 2.27. The monoisotopic (exact) mass is 275 g/mol. The Hall–Kier alpha value is -2.08. The van der Waals surface area contributed by atoms with E-state index in [1.807, 2.05) is 13.0 Å². The van der Waals surface area contributed by atoms with E-state index >= 15 is 0 Å². The molecule has 0 saturated heterocycles. The molecule has 0 amide bonds. The summed E-state index contributed by atoms with van der Waals surface area (Å²) in [5.74, 6) is -0.454. The largest absolute Gasteiger partial charge is 0.465 e. The van der Waals surface area contributed by atoms with Crippen molar-refractivity contribution in [1.29, 1.82) is 0 Å². The molecule has 98 valence electrons. The van der Waals surface area contributed by atoms with Gasteiger partial charge < -0.3 is 10.5 Å². The van der Waals surface area contributed by atoms with E-state index in [0.29, 0.717) is 16.4 Å². The molecule has 0 fully saturated rings. The molecule has 2 N–H and O–H groups in total. The lowest BCUT2D eigenvalue weighted by atomic mass is 10.2. The molecule has 5 nitrogen and oxygen atoms in total. The fraction of sp³-hybridized carbons (Fsp3) is 0.154. The van der Waals surface area contributed by atoms with Gasteiger partial charge in [0.05, 0.1) is 12.7 Å². The molecule has 0 bridgehead atoms. The van der Waals surface area contributed by atoms with E-state index in [9.17, 15) is 4.79 Å². The van der Waals surface area contributed by atoms with Gasteiger partial charge in [-0.15, -0.1) is 0 Å². The number of aryl methyl sites for hydroxylation is 1. The van der Waals surface area contributed by atoms with Crippen LogP contribution in [0.1, 0.15) is 15.9 Å². The van der Waals surface area contributed by atoms with Gasteiger partial charge in [-0.3, -0.25) is 0 Å². The van der Waals surface area contributed by atoms with Crippen LogP contribution in [0.2, 0.25) is 0 Å². The van der Waals surface area contributed by atoms with Crippen LogP contribution in [0.4, 0.5) is 5.69 Å². The summed E-state index contributed by atoms with van der Waals surface area (Å²) in [6, 6.07) is 5.16. The lowest BCUT2D eigenvalue weighted by molar-refractivity contribution is 0.0601. The number of nitrogens with zero attached hydrogens (tertiary/aromatic N) is 2. The van der Waals surface area contributed by atoms with Crippen molar-refractivity contribution in [2.24, 2.45) is 0 Å². The number of ether oxygens (including phenoxy) is 1. The summed E-state index contributed by atoms with van der Waals surface area (Å²) in [5, 5.41) is 0.617. The maximum absolute atomic E-state index is 11.5. The minimum absolute atomic E-state index is 0.347. The van der Waals surface area contributed by atoms with Gasteiger partial charge in [-0.2, -0.15) is 0 Å². The fourth-order valence-electron chi connectivity index (χ4n) is 1.42. The Labute approximate surface area is 115 Å². The molecule has 0 radical (unpaired) electrons. The van der Waals surface area contributed by atoms with Crippen molar-refractivity contribution in [2.45, 2.75) is 17.0 Å². The molecule has 6 heteroatoms. The van der Waals surface area contributed by atoms with E-state index in [4.69, 9.17) is 5.73 Å². The van der Waals surface area contributed by atoms with E-state index < -0.39 is 5.97 Å². The predicted molar refractivity (Wildman–Crippen MR) is 73.1 cm³/mol. The van der Waals surface area contributed by atoms with Crippen LogP contribution >= 0.6 is 11.8 Å². The van der Waals surface area contributed by atoms with E-state index in [-0.39, 0.29) is 0 Å². The fourth-order valence-corrected chi connectivity index (χ4v) is 2.16. The lowest BCUT2D eigenvalue weighted by Crippen LogP contribution is -2.05. The number of methoxy groups -OCH3 is 1. The average molecular weight is 275 g/mol. The Balaban J connectivity index is 2.26. The number of nitrogen functional groups attached to an aromatic ring is 1. The molecule has 0 unspecified atom stereocenters. The second-order valence-electron chi connectivity index (χ2n) is 3.89. The van der Waals surface area contributed by atoms with Crippen LogP contribution < -0.4 is 5.73 Å². The summed E-state index contributed by atoms with van der Waals surface area (Å²) < 4.78 is 4.68. The Morgan fingerprint density at radius 2 is 2.00 bits per heavy atom. The molecule has 1 heterocycles. The Morgan fingerprint density at radius 1 is 1.32 bits per heavy atom. The van der Waals surface area contributed by atoms with Crippen LogP contribution in [0.15, 0.2) is 40.6 Å². The zero-order valence-electron chi connectivity index (χ0n) is 10.6. The van der Waals surface area contributed by atoms with Crippen molar-refractivity contribution < 1.29 is 9.53 Å². The molecule has 0 aliphatic carbocycles. The average Bonchev–Trinajstić information content (AvgIpc) is 2.42. The molecule has 2 rings (SSSR count). The van der Waals surface area contributed by atoms with Crippen LogP contribution in [0.5, 0.6) is 0 Å². The molecule has 0 aliphatic heterocycles. The first-order valence-corrected chi connectivity index (χ1v) is 6.36. The third kappa shape index (κ3) is 3.23. The number of carbonyl (C=O) groups is 1. The van der Waals surface area contributed by atoms with Gasteiger partial charge in [0.2, 0.25) is 0 Å². The Morgan fingerprint density at radius 3 is 2.63 bits per heavy atom. The number of aromatic nitrogens is 2. The second-order valence-corrected chi connectivity index (χ2v) is 4.93. The van der Waals surface area contributed by atoms with Gasteiger partial charge >= 0.3 is 5.97 Å². The van der Waals surface area contributed by atoms with Crippen LogP contribution in [-0.2, 0) is 4.74 Å². The van der Waals surface area contributed by atoms with Crippen molar-refractivity contribution in [1.82, 2.24) is 9.97 Å². The van der Waals surface area contributed by atoms with Crippen LogP contribution in [0.25, 0.3) is 0 Å². The first kappa shape index (κ1) is 13.4. The Bertz CT molecular complexity index is 599. The second kappa shape index (κ2) is 5.71. The summed E-state index contributed by atoms with van der Waals surface area (Å²) in [6.45, 7) is 1.92. The summed E-state index contributed by atoms with van der Waals surface area (Å²) in [5.41, 5.74) is 7.47. The van der Waals surface area contributed by atoms with Crippen LogP contribution in [0.3, 0.4) is 0 Å². The number of hydrogen-bond acceptors (Lipinski definition) is 6. The van der Waals surface area contributed by atoms with E-state index in [1.165, 1.54) is 18.9 Å². The number of benzene rings is 1. The van der Waals surface area contributed by atoms with Gasteiger partial charge in [0.15, 0.2) is 5.16 Å². The van der Waals surface area contributed by atoms with Crippen molar-refractivity contribution in [2.75, 3.05) is 12.8 Å². The predicted octanol–water partition coefficient (Wildman–Crippen LogP) is 2.31. The third-order valence-electron chi connectivity index (χ3n) is 2.40. The number of nitrogens with two attached hydrogens (primary N) is 1. The maximum atomic E-state index is 11.5. The minimum atomic E-state index is -0.454. The number of hydrogen-bond donors (Lipinski definition) is 1. The van der Waals surface area contributed by atoms with Crippen LogP contribution in [0, 0.1) is 6.92 Å². The van der Waals surface area contributed by atoms with Crippen molar-refractivity contribution in [3.8, 4) is 0 Å². The highest BCUT2D eigenvalue weighted by Gasteiger charge is 2.11. The standard InChI is InChI=1S/C13H13N3O2S/c1-8-6-15-13(16-7-8)19-9-3-4-11(14)10(5-9)12(17)18-2/h3-7H,14H2,1-2H3. The van der Waals surface area contributed by atoms with Crippen molar-refractivity contribution in [3.05, 3.63) is 41.7 Å². The lowest BCUT2D eigenvalue weighted by Gasteiger charge is -2.06. The molecule has 1 aromatic carbocycles. The molecule has 0 spiro atoms. The normalized spacial score (nSPS) is 10.2. The molecule has 0 aliphatic rings. The van der Waals surface area contributed by atoms with Crippen molar-refractivity contribution in [3.63, 3.8) is 0 Å². The van der Waals surface area contributed by atoms with Gasteiger partial charge in [0.1, 0.15) is 0 Å². The summed E-state index contributed by atoms with van der Waals surface area (Å²) in [7, 11) is 1.32. The van der Waals surface area contributed by atoms with Gasteiger partial charge in [-0.25, -0.2) is 14.8 Å². The summed E-state index contributed by atoms with van der Waals surface area (Å²) >= 11 is 1.36. The van der Waals surface area contributed by atoms with Gasteiger partial charge in [-0.1, -0.05) is 0 Å². The quantitative estimate of drug-likeness (QED) is 0.526. The van der Waals surface area contributed by atoms with Gasteiger partial charge in [0, 0.05) is 23.0 Å². The number of rotatable bonds is 3. The van der Waals surface area contributed by atoms with Crippen LogP contribution in [-0.4, -0.2) is 23.0 Å². The topological polar surface area (TPSA) is 78.1 Å². The number of esters is 1. The smallest absolute Gasteiger partial charge is 0.339 e. The summed E-state index contributed by atoms with van der Waals surface area (Å²) in [6.07, 6.45) is 3.49. The molecular weight excluding hydrogens is 262 g/mol. The van der Waals surface area contributed by atoms with Crippen molar-refractivity contribution >= 4 is 23.4 Å². The zero-order chi connectivity index (χ0) is 13.8. The molecule has 2 aromatic rings. The molecule has 19 heavy (non-hydrogen) atoms. The first-order chi connectivity index (χ1) is 9.10. The van der Waals surface area contributed by atoms with Gasteiger partial charge in [-0.05, 0) is 42.4 Å². The van der Waals surface area contributed by atoms with E-state index in [0.717, 1.165) is 10.5 Å².